The highest BCUT2D eigenvalue weighted by Crippen LogP contribution is 2.34. The molecule has 30 heavy (non-hydrogen) atoms. The summed E-state index contributed by atoms with van der Waals surface area (Å²) in [6.07, 6.45) is 4.07. The molecule has 1 aromatic rings. The van der Waals surface area contributed by atoms with Crippen LogP contribution in [0.2, 0.25) is 0 Å². The highest BCUT2D eigenvalue weighted by Gasteiger charge is 2.43. The lowest BCUT2D eigenvalue weighted by Gasteiger charge is -2.38. The lowest BCUT2D eigenvalue weighted by atomic mass is 9.84. The molecule has 8 nitrogen and oxygen atoms in total. The zero-order chi connectivity index (χ0) is 21.7. The molecule has 0 saturated carbocycles. The number of nitro groups is 1. The number of amides is 1. The number of esters is 1. The molecule has 1 amide bonds. The van der Waals surface area contributed by atoms with Crippen LogP contribution in [0.25, 0.3) is 0 Å². The minimum Gasteiger partial charge on any atom is -0.469 e. The van der Waals surface area contributed by atoms with E-state index in [0.29, 0.717) is 37.0 Å². The van der Waals surface area contributed by atoms with Crippen LogP contribution < -0.4 is 0 Å². The number of methoxy groups -OCH3 is 1. The summed E-state index contributed by atoms with van der Waals surface area (Å²) in [5, 5.41) is 11.4. The third kappa shape index (κ3) is 4.95. The van der Waals surface area contributed by atoms with E-state index >= 15 is 0 Å². The van der Waals surface area contributed by atoms with Crippen LogP contribution in [0.1, 0.15) is 24.3 Å². The summed E-state index contributed by atoms with van der Waals surface area (Å²) >= 11 is 1.26. The fraction of sp³-hybridized carbons (Fsp3) is 0.524. The number of likely N-dealkylation sites (tertiary alicyclic amines) is 2. The van der Waals surface area contributed by atoms with Crippen molar-refractivity contribution in [3.63, 3.8) is 0 Å². The number of ether oxygens (including phenoxy) is 1. The second kappa shape index (κ2) is 9.97. The molecule has 0 aromatic heterocycles. The second-order valence-corrected chi connectivity index (χ2v) is 8.43. The van der Waals surface area contributed by atoms with Crippen LogP contribution in [0.3, 0.4) is 0 Å². The van der Waals surface area contributed by atoms with Crippen molar-refractivity contribution in [3.8, 4) is 0 Å². The fourth-order valence-corrected chi connectivity index (χ4v) is 5.00. The zero-order valence-corrected chi connectivity index (χ0v) is 18.0. The number of rotatable bonds is 6. The number of benzene rings is 1. The van der Waals surface area contributed by atoms with Gasteiger partial charge in [-0.3, -0.25) is 19.7 Å². The van der Waals surface area contributed by atoms with Crippen LogP contribution >= 0.6 is 11.8 Å². The molecular formula is C21H27N3O5S. The number of hydrogen-bond donors (Lipinski definition) is 0. The van der Waals surface area contributed by atoms with Crippen molar-refractivity contribution < 1.29 is 19.2 Å². The standard InChI is InChI=1S/C21H27N3O5S/c1-29-21(26)18-13-22(19(30-2)14-24(27)28)11-9-17(18)20(25)23-10-8-16(12-23)15-6-4-3-5-7-15/h3-7,14,16-18H,8-13H2,1-2H3/b19-14-/t16-,17-,18-/m0/s1. The van der Waals surface area contributed by atoms with Gasteiger partial charge in [-0.15, -0.1) is 11.8 Å². The lowest BCUT2D eigenvalue weighted by molar-refractivity contribution is -0.403. The maximum Gasteiger partial charge on any atom is 0.311 e. The largest absolute Gasteiger partial charge is 0.469 e. The first-order chi connectivity index (χ1) is 14.4. The van der Waals surface area contributed by atoms with E-state index in [9.17, 15) is 19.7 Å². The Hall–Kier alpha value is -2.55. The first kappa shape index (κ1) is 22.1. The molecule has 3 atom stereocenters. The van der Waals surface area contributed by atoms with E-state index in [1.807, 2.05) is 23.1 Å². The van der Waals surface area contributed by atoms with Crippen molar-refractivity contribution in [1.82, 2.24) is 9.80 Å². The van der Waals surface area contributed by atoms with Crippen LogP contribution in [0.15, 0.2) is 41.6 Å². The summed E-state index contributed by atoms with van der Waals surface area (Å²) in [6, 6.07) is 10.2. The molecule has 2 aliphatic heterocycles. The Morgan fingerprint density at radius 1 is 1.13 bits per heavy atom. The van der Waals surface area contributed by atoms with Gasteiger partial charge in [0.15, 0.2) is 0 Å². The molecular weight excluding hydrogens is 406 g/mol. The second-order valence-electron chi connectivity index (χ2n) is 7.61. The molecule has 2 saturated heterocycles. The minimum atomic E-state index is -0.644. The fourth-order valence-electron chi connectivity index (χ4n) is 4.38. The summed E-state index contributed by atoms with van der Waals surface area (Å²) in [7, 11) is 1.31. The van der Waals surface area contributed by atoms with Gasteiger partial charge in [0.05, 0.1) is 23.9 Å². The Balaban J connectivity index is 1.72. The summed E-state index contributed by atoms with van der Waals surface area (Å²) in [5.74, 6) is -1.28. The van der Waals surface area contributed by atoms with Crippen molar-refractivity contribution in [3.05, 3.63) is 57.2 Å². The Kier molecular flexibility index (Phi) is 7.36. The molecule has 1 aromatic carbocycles. The normalized spacial score (nSPS) is 24.6. The smallest absolute Gasteiger partial charge is 0.311 e. The quantitative estimate of drug-likeness (QED) is 0.387. The number of carbonyl (C=O) groups is 2. The van der Waals surface area contributed by atoms with E-state index in [0.717, 1.165) is 12.6 Å². The first-order valence-corrected chi connectivity index (χ1v) is 11.2. The van der Waals surface area contributed by atoms with Gasteiger partial charge < -0.3 is 14.5 Å². The maximum atomic E-state index is 13.3. The van der Waals surface area contributed by atoms with Gasteiger partial charge in [0.25, 0.3) is 6.20 Å². The number of piperidine rings is 1. The van der Waals surface area contributed by atoms with Gasteiger partial charge in [-0.05, 0) is 24.7 Å². The predicted octanol–water partition coefficient (Wildman–Crippen LogP) is 2.55. The third-order valence-corrected chi connectivity index (χ3v) is 6.72. The van der Waals surface area contributed by atoms with E-state index in [-0.39, 0.29) is 12.5 Å². The van der Waals surface area contributed by atoms with Gasteiger partial charge in [-0.2, -0.15) is 0 Å². The van der Waals surface area contributed by atoms with E-state index < -0.39 is 22.7 Å². The Morgan fingerprint density at radius 2 is 1.83 bits per heavy atom. The van der Waals surface area contributed by atoms with Crippen LogP contribution in [-0.4, -0.2) is 66.1 Å². The highest BCUT2D eigenvalue weighted by atomic mass is 32.2. The van der Waals surface area contributed by atoms with Gasteiger partial charge in [0.1, 0.15) is 5.03 Å². The Morgan fingerprint density at radius 3 is 2.47 bits per heavy atom. The maximum absolute atomic E-state index is 13.3. The third-order valence-electron chi connectivity index (χ3n) is 5.94. The number of hydrogen-bond acceptors (Lipinski definition) is 7. The topological polar surface area (TPSA) is 93.0 Å². The predicted molar refractivity (Wildman–Crippen MR) is 114 cm³/mol. The SMILES string of the molecule is COC(=O)[C@H]1CN(/C(=C/[N+](=O)[O-])SC)CC[C@@H]1C(=O)N1CC[C@H](c2ccccc2)C1. The summed E-state index contributed by atoms with van der Waals surface area (Å²) < 4.78 is 4.97. The molecule has 0 bridgehead atoms. The molecule has 2 heterocycles. The van der Waals surface area contributed by atoms with Crippen molar-refractivity contribution in [2.75, 3.05) is 39.5 Å². The summed E-state index contributed by atoms with van der Waals surface area (Å²) in [5.41, 5.74) is 1.22. The van der Waals surface area contributed by atoms with Crippen LogP contribution in [0.5, 0.6) is 0 Å². The van der Waals surface area contributed by atoms with E-state index in [4.69, 9.17) is 4.74 Å². The van der Waals surface area contributed by atoms with E-state index in [1.54, 1.807) is 11.2 Å². The molecule has 0 radical (unpaired) electrons. The molecule has 0 N–H and O–H groups in total. The molecule has 0 unspecified atom stereocenters. The molecule has 0 spiro atoms. The van der Waals surface area contributed by atoms with Crippen molar-refractivity contribution in [2.45, 2.75) is 18.8 Å². The molecule has 0 aliphatic carbocycles. The minimum absolute atomic E-state index is 0.0209. The lowest BCUT2D eigenvalue weighted by Crippen LogP contribution is -2.49. The molecule has 2 aliphatic rings. The first-order valence-electron chi connectivity index (χ1n) is 10.0. The molecule has 162 valence electrons. The van der Waals surface area contributed by atoms with E-state index in [1.165, 1.54) is 24.4 Å². The van der Waals surface area contributed by atoms with Crippen LogP contribution in [0, 0.1) is 22.0 Å². The average Bonchev–Trinajstić information content (AvgIpc) is 3.27. The monoisotopic (exact) mass is 433 g/mol. The van der Waals surface area contributed by atoms with Crippen LogP contribution in [-0.2, 0) is 14.3 Å². The summed E-state index contributed by atoms with van der Waals surface area (Å²) in [6.45, 7) is 2.04. The van der Waals surface area contributed by atoms with Gasteiger partial charge in [0.2, 0.25) is 5.91 Å². The van der Waals surface area contributed by atoms with Gasteiger partial charge in [0, 0.05) is 32.1 Å². The van der Waals surface area contributed by atoms with E-state index in [2.05, 4.69) is 12.1 Å². The number of thioether (sulfide) groups is 1. The van der Waals surface area contributed by atoms with Crippen molar-refractivity contribution in [2.24, 2.45) is 11.8 Å². The molecule has 2 fully saturated rings. The van der Waals surface area contributed by atoms with Gasteiger partial charge in [-0.25, -0.2) is 0 Å². The van der Waals surface area contributed by atoms with Crippen LogP contribution in [0.4, 0.5) is 0 Å². The Bertz CT molecular complexity index is 816. The average molecular weight is 434 g/mol. The van der Waals surface area contributed by atoms with Crippen molar-refractivity contribution in [1.29, 1.82) is 0 Å². The highest BCUT2D eigenvalue weighted by molar-refractivity contribution is 8.02. The Labute approximate surface area is 180 Å². The summed E-state index contributed by atoms with van der Waals surface area (Å²) in [4.78, 5) is 39.9. The number of nitrogens with zero attached hydrogens (tertiary/aromatic N) is 3. The van der Waals surface area contributed by atoms with Gasteiger partial charge >= 0.3 is 5.97 Å². The zero-order valence-electron chi connectivity index (χ0n) is 17.2. The molecule has 3 rings (SSSR count). The number of carbonyl (C=O) groups excluding carboxylic acids is 2. The van der Waals surface area contributed by atoms with Crippen molar-refractivity contribution >= 4 is 23.6 Å². The molecule has 9 heteroatoms. The van der Waals surface area contributed by atoms with Gasteiger partial charge in [-0.1, -0.05) is 30.3 Å².